The first-order chi connectivity index (χ1) is 13.0. The van der Waals surface area contributed by atoms with Crippen molar-refractivity contribution in [3.8, 4) is 11.3 Å². The molecule has 0 aliphatic heterocycles. The molecule has 0 saturated carbocycles. The van der Waals surface area contributed by atoms with Crippen molar-refractivity contribution >= 4 is 29.1 Å². The molecule has 0 bridgehead atoms. The zero-order chi connectivity index (χ0) is 19.4. The van der Waals surface area contributed by atoms with Crippen LogP contribution in [-0.4, -0.2) is 16.7 Å². The molecule has 0 atom stereocenters. The molecule has 1 aromatic heterocycles. The van der Waals surface area contributed by atoms with E-state index >= 15 is 0 Å². The van der Waals surface area contributed by atoms with Crippen LogP contribution < -0.4 is 10.9 Å². The van der Waals surface area contributed by atoms with Crippen LogP contribution in [0.15, 0.2) is 65.1 Å². The minimum atomic E-state index is -0.706. The lowest BCUT2D eigenvalue weighted by Gasteiger charge is -2.06. The number of para-hydroxylation sites is 1. The van der Waals surface area contributed by atoms with E-state index in [1.807, 2.05) is 0 Å². The second-order valence-corrected chi connectivity index (χ2v) is 5.79. The Bertz CT molecular complexity index is 1010. The summed E-state index contributed by atoms with van der Waals surface area (Å²) in [7, 11) is 0. The van der Waals surface area contributed by atoms with Crippen molar-refractivity contribution < 1.29 is 18.9 Å². The lowest BCUT2D eigenvalue weighted by Crippen LogP contribution is -2.41. The molecule has 2 N–H and O–H groups in total. The number of hydrazine groups is 1. The van der Waals surface area contributed by atoms with Gasteiger partial charge in [0.2, 0.25) is 0 Å². The van der Waals surface area contributed by atoms with Crippen LogP contribution >= 0.6 is 11.6 Å². The van der Waals surface area contributed by atoms with E-state index in [2.05, 4.69) is 10.9 Å². The number of nitro benzene ring substituents is 1. The van der Waals surface area contributed by atoms with Crippen molar-refractivity contribution in [3.63, 3.8) is 0 Å². The van der Waals surface area contributed by atoms with Gasteiger partial charge in [-0.15, -0.1) is 0 Å². The van der Waals surface area contributed by atoms with E-state index in [1.165, 1.54) is 42.5 Å². The van der Waals surface area contributed by atoms with Crippen LogP contribution in [0.4, 0.5) is 5.69 Å². The highest BCUT2D eigenvalue weighted by Gasteiger charge is 2.19. The average molecular weight is 386 g/mol. The van der Waals surface area contributed by atoms with Gasteiger partial charge in [0.25, 0.3) is 11.6 Å². The minimum Gasteiger partial charge on any atom is -0.451 e. The van der Waals surface area contributed by atoms with Crippen molar-refractivity contribution in [2.75, 3.05) is 0 Å². The summed E-state index contributed by atoms with van der Waals surface area (Å²) in [6.07, 6.45) is 0. The molecule has 0 saturated heterocycles. The zero-order valence-corrected chi connectivity index (χ0v) is 14.4. The molecule has 8 nitrogen and oxygen atoms in total. The SMILES string of the molecule is O=C(NNC(=O)c1ccc(-c2ccccc2[N+](=O)[O-])o1)c1ccc(Cl)cc1. The van der Waals surface area contributed by atoms with Crippen LogP contribution in [0.5, 0.6) is 0 Å². The van der Waals surface area contributed by atoms with E-state index < -0.39 is 16.7 Å². The second kappa shape index (κ2) is 7.71. The minimum absolute atomic E-state index is 0.112. The fourth-order valence-corrected chi connectivity index (χ4v) is 2.42. The fourth-order valence-electron chi connectivity index (χ4n) is 2.29. The summed E-state index contributed by atoms with van der Waals surface area (Å²) in [6.45, 7) is 0. The number of hydrogen-bond acceptors (Lipinski definition) is 5. The molecule has 0 fully saturated rings. The maximum atomic E-state index is 12.1. The molecule has 2 amide bonds. The molecular formula is C18H12ClN3O5. The van der Waals surface area contributed by atoms with Gasteiger partial charge in [-0.05, 0) is 42.5 Å². The van der Waals surface area contributed by atoms with Gasteiger partial charge >= 0.3 is 5.91 Å². The molecule has 0 aliphatic carbocycles. The number of nitrogens with zero attached hydrogens (tertiary/aromatic N) is 1. The molecule has 2 aromatic carbocycles. The van der Waals surface area contributed by atoms with Gasteiger partial charge in [-0.2, -0.15) is 0 Å². The Hall–Kier alpha value is -3.65. The summed E-state index contributed by atoms with van der Waals surface area (Å²) in [6, 6.07) is 14.9. The van der Waals surface area contributed by atoms with Crippen LogP contribution in [0.1, 0.15) is 20.9 Å². The summed E-state index contributed by atoms with van der Waals surface area (Å²) in [4.78, 5) is 34.6. The highest BCUT2D eigenvalue weighted by Crippen LogP contribution is 2.30. The maximum absolute atomic E-state index is 12.1. The summed E-state index contributed by atoms with van der Waals surface area (Å²) in [5.41, 5.74) is 4.86. The molecule has 136 valence electrons. The van der Waals surface area contributed by atoms with E-state index in [0.29, 0.717) is 10.6 Å². The van der Waals surface area contributed by atoms with Crippen molar-refractivity contribution in [1.82, 2.24) is 10.9 Å². The van der Waals surface area contributed by atoms with Crippen molar-refractivity contribution in [1.29, 1.82) is 0 Å². The van der Waals surface area contributed by atoms with Gasteiger partial charge in [-0.25, -0.2) is 0 Å². The van der Waals surface area contributed by atoms with Gasteiger partial charge in [0, 0.05) is 16.7 Å². The molecule has 0 unspecified atom stereocenters. The number of rotatable bonds is 4. The summed E-state index contributed by atoms with van der Waals surface area (Å²) in [5, 5.41) is 11.6. The number of benzene rings is 2. The number of amides is 2. The molecule has 9 heteroatoms. The van der Waals surface area contributed by atoms with E-state index in [1.54, 1.807) is 18.2 Å². The van der Waals surface area contributed by atoms with Gasteiger partial charge in [0.15, 0.2) is 5.76 Å². The predicted octanol–water partition coefficient (Wildman–Crippen LogP) is 3.58. The predicted molar refractivity (Wildman–Crippen MR) is 97.2 cm³/mol. The van der Waals surface area contributed by atoms with Crippen molar-refractivity contribution in [2.24, 2.45) is 0 Å². The van der Waals surface area contributed by atoms with Gasteiger partial charge in [0.1, 0.15) is 5.76 Å². The second-order valence-electron chi connectivity index (χ2n) is 5.35. The number of carbonyl (C=O) groups excluding carboxylic acids is 2. The topological polar surface area (TPSA) is 114 Å². The van der Waals surface area contributed by atoms with Crippen LogP contribution in [0.3, 0.4) is 0 Å². The number of nitro groups is 1. The van der Waals surface area contributed by atoms with Crippen LogP contribution in [-0.2, 0) is 0 Å². The van der Waals surface area contributed by atoms with E-state index in [0.717, 1.165) is 0 Å². The fraction of sp³-hybridized carbons (Fsp3) is 0. The quantitative estimate of drug-likeness (QED) is 0.526. The largest absolute Gasteiger partial charge is 0.451 e. The summed E-state index contributed by atoms with van der Waals surface area (Å²) >= 11 is 5.75. The normalized spacial score (nSPS) is 10.3. The third kappa shape index (κ3) is 4.13. The summed E-state index contributed by atoms with van der Waals surface area (Å²) in [5.74, 6) is -1.19. The number of halogens is 1. The first kappa shape index (κ1) is 18.2. The third-order valence-corrected chi connectivity index (χ3v) is 3.84. The Morgan fingerprint density at radius 3 is 2.30 bits per heavy atom. The number of nitrogens with one attached hydrogen (secondary N) is 2. The standard InChI is InChI=1S/C18H12ClN3O5/c19-12-7-5-11(6-8-12)17(23)20-21-18(24)16-10-9-15(27-16)13-3-1-2-4-14(13)22(25)26/h1-10H,(H,20,23)(H,21,24). The molecule has 3 rings (SSSR count). The summed E-state index contributed by atoms with van der Waals surface area (Å²) < 4.78 is 5.39. The molecule has 0 radical (unpaired) electrons. The molecule has 1 heterocycles. The Labute approximate surface area is 157 Å². The lowest BCUT2D eigenvalue weighted by atomic mass is 10.1. The molecule has 27 heavy (non-hydrogen) atoms. The Morgan fingerprint density at radius 2 is 1.59 bits per heavy atom. The number of furan rings is 1. The molecule has 3 aromatic rings. The monoisotopic (exact) mass is 385 g/mol. The van der Waals surface area contributed by atoms with E-state index in [-0.39, 0.29) is 22.8 Å². The molecule has 0 aliphatic rings. The van der Waals surface area contributed by atoms with E-state index in [4.69, 9.17) is 16.0 Å². The highest BCUT2D eigenvalue weighted by molar-refractivity contribution is 6.30. The average Bonchev–Trinajstić information content (AvgIpc) is 3.16. The smallest absolute Gasteiger partial charge is 0.305 e. The highest BCUT2D eigenvalue weighted by atomic mass is 35.5. The Balaban J connectivity index is 1.70. The Morgan fingerprint density at radius 1 is 0.926 bits per heavy atom. The van der Waals surface area contributed by atoms with Crippen LogP contribution in [0.2, 0.25) is 5.02 Å². The third-order valence-electron chi connectivity index (χ3n) is 3.59. The van der Waals surface area contributed by atoms with Crippen molar-refractivity contribution in [3.05, 3.63) is 87.1 Å². The Kier molecular flexibility index (Phi) is 5.18. The first-order valence-corrected chi connectivity index (χ1v) is 8.03. The van der Waals surface area contributed by atoms with Gasteiger partial charge in [0.05, 0.1) is 10.5 Å². The number of carbonyl (C=O) groups is 2. The first-order valence-electron chi connectivity index (χ1n) is 7.65. The van der Waals surface area contributed by atoms with Crippen molar-refractivity contribution in [2.45, 2.75) is 0 Å². The molecular weight excluding hydrogens is 374 g/mol. The van der Waals surface area contributed by atoms with Gasteiger partial charge < -0.3 is 4.42 Å². The van der Waals surface area contributed by atoms with Gasteiger partial charge in [-0.3, -0.25) is 30.6 Å². The van der Waals surface area contributed by atoms with Crippen LogP contribution in [0.25, 0.3) is 11.3 Å². The lowest BCUT2D eigenvalue weighted by molar-refractivity contribution is -0.384. The zero-order valence-electron chi connectivity index (χ0n) is 13.6. The van der Waals surface area contributed by atoms with E-state index in [9.17, 15) is 19.7 Å². The van der Waals surface area contributed by atoms with Gasteiger partial charge in [-0.1, -0.05) is 23.7 Å². The maximum Gasteiger partial charge on any atom is 0.305 e. The van der Waals surface area contributed by atoms with Crippen LogP contribution in [0, 0.1) is 10.1 Å². The number of hydrogen-bond donors (Lipinski definition) is 2. The molecule has 0 spiro atoms.